The van der Waals surface area contributed by atoms with Crippen LogP contribution in [0.4, 0.5) is 5.69 Å². The largest absolute Gasteiger partial charge is 0.338 e. The molecule has 4 nitrogen and oxygen atoms in total. The average Bonchev–Trinajstić information content (AvgIpc) is 3.27. The second-order valence-electron chi connectivity index (χ2n) is 9.99. The maximum Gasteiger partial charge on any atom is 0.229 e. The van der Waals surface area contributed by atoms with Gasteiger partial charge >= 0.3 is 0 Å². The molecular weight excluding hydrogens is 408 g/mol. The number of anilines is 1. The summed E-state index contributed by atoms with van der Waals surface area (Å²) in [6, 6.07) is 14.7. The third-order valence-corrected chi connectivity index (χ3v) is 7.08. The van der Waals surface area contributed by atoms with E-state index in [1.54, 1.807) is 0 Å². The van der Waals surface area contributed by atoms with Crippen molar-refractivity contribution >= 4 is 17.5 Å². The minimum absolute atomic E-state index is 0.0523. The van der Waals surface area contributed by atoms with E-state index in [1.807, 2.05) is 41.8 Å². The summed E-state index contributed by atoms with van der Waals surface area (Å²) in [6.07, 6.45) is 9.42. The number of hydrogen-bond donors (Lipinski definition) is 0. The molecule has 0 atom stereocenters. The Morgan fingerprint density at radius 3 is 2.36 bits per heavy atom. The molecule has 33 heavy (non-hydrogen) atoms. The van der Waals surface area contributed by atoms with Crippen molar-refractivity contribution in [2.24, 2.45) is 5.92 Å². The van der Waals surface area contributed by atoms with E-state index < -0.39 is 0 Å². The van der Waals surface area contributed by atoms with Gasteiger partial charge < -0.3 is 9.80 Å². The van der Waals surface area contributed by atoms with Crippen LogP contribution >= 0.6 is 0 Å². The van der Waals surface area contributed by atoms with E-state index in [9.17, 15) is 9.59 Å². The smallest absolute Gasteiger partial charge is 0.229 e. The monoisotopic (exact) mass is 446 g/mol. The highest BCUT2D eigenvalue weighted by molar-refractivity contribution is 5.95. The molecule has 2 aromatic carbocycles. The van der Waals surface area contributed by atoms with Crippen LogP contribution in [-0.4, -0.2) is 29.8 Å². The summed E-state index contributed by atoms with van der Waals surface area (Å²) in [7, 11) is 0. The van der Waals surface area contributed by atoms with Gasteiger partial charge in [0.15, 0.2) is 0 Å². The Morgan fingerprint density at radius 2 is 1.55 bits per heavy atom. The van der Waals surface area contributed by atoms with Gasteiger partial charge in [-0.05, 0) is 60.4 Å². The van der Waals surface area contributed by atoms with Crippen molar-refractivity contribution in [1.29, 1.82) is 0 Å². The third-order valence-electron chi connectivity index (χ3n) is 7.08. The molecule has 0 fully saturated rings. The Balaban J connectivity index is 1.58. The van der Waals surface area contributed by atoms with Crippen LogP contribution in [0.5, 0.6) is 0 Å². The van der Waals surface area contributed by atoms with Gasteiger partial charge in [-0.15, -0.1) is 0 Å². The number of hydrogen-bond acceptors (Lipinski definition) is 2. The van der Waals surface area contributed by atoms with Crippen molar-refractivity contribution in [1.82, 2.24) is 4.90 Å². The molecule has 0 spiro atoms. The lowest BCUT2D eigenvalue weighted by molar-refractivity contribution is -0.131. The number of para-hydroxylation sites is 1. The van der Waals surface area contributed by atoms with E-state index in [0.29, 0.717) is 13.0 Å². The van der Waals surface area contributed by atoms with E-state index in [-0.39, 0.29) is 17.7 Å². The molecule has 2 aliphatic rings. The van der Waals surface area contributed by atoms with Crippen molar-refractivity contribution in [2.45, 2.75) is 78.2 Å². The van der Waals surface area contributed by atoms with Gasteiger partial charge in [-0.25, -0.2) is 0 Å². The number of carbonyl (C=O) groups is 2. The molecule has 0 unspecified atom stereocenters. The van der Waals surface area contributed by atoms with Crippen molar-refractivity contribution in [3.63, 3.8) is 0 Å². The number of nitrogens with zero attached hydrogens (tertiary/aromatic N) is 2. The van der Waals surface area contributed by atoms with Crippen LogP contribution in [0.15, 0.2) is 42.5 Å². The summed E-state index contributed by atoms with van der Waals surface area (Å²) in [4.78, 5) is 30.5. The fraction of sp³-hybridized carbons (Fsp3) is 0.517. The molecule has 176 valence electrons. The van der Waals surface area contributed by atoms with Crippen molar-refractivity contribution in [2.75, 3.05) is 18.0 Å². The van der Waals surface area contributed by atoms with Crippen LogP contribution in [-0.2, 0) is 35.4 Å². The molecule has 0 radical (unpaired) electrons. The highest BCUT2D eigenvalue weighted by atomic mass is 16.2. The minimum atomic E-state index is -0.0523. The first-order chi connectivity index (χ1) is 16.0. The number of benzene rings is 2. The highest BCUT2D eigenvalue weighted by Crippen LogP contribution is 2.27. The lowest BCUT2D eigenvalue weighted by Gasteiger charge is -2.30. The molecule has 0 aromatic heterocycles. The van der Waals surface area contributed by atoms with Crippen LogP contribution in [0.25, 0.3) is 0 Å². The summed E-state index contributed by atoms with van der Waals surface area (Å²) in [5.41, 5.74) is 6.02. The number of aryl methyl sites for hydroxylation is 2. The van der Waals surface area contributed by atoms with Gasteiger partial charge in [0, 0.05) is 31.2 Å². The predicted octanol–water partition coefficient (Wildman–Crippen LogP) is 5.70. The Hall–Kier alpha value is -2.62. The SMILES string of the molecule is CC(C)C(=O)N1CCCCCCCN(C(=O)Cc2ccc3c(c2)CCC3)Cc2ccccc21. The van der Waals surface area contributed by atoms with E-state index in [0.717, 1.165) is 74.8 Å². The summed E-state index contributed by atoms with van der Waals surface area (Å²) in [5, 5.41) is 0. The number of carbonyl (C=O) groups excluding carboxylic acids is 2. The topological polar surface area (TPSA) is 40.6 Å². The molecule has 4 heteroatoms. The molecule has 1 aliphatic heterocycles. The number of rotatable bonds is 3. The van der Waals surface area contributed by atoms with E-state index >= 15 is 0 Å². The van der Waals surface area contributed by atoms with Crippen molar-refractivity contribution in [3.8, 4) is 0 Å². The van der Waals surface area contributed by atoms with Gasteiger partial charge in [0.2, 0.25) is 11.8 Å². The van der Waals surface area contributed by atoms with Crippen molar-refractivity contribution < 1.29 is 9.59 Å². The van der Waals surface area contributed by atoms with Crippen LogP contribution < -0.4 is 4.90 Å². The highest BCUT2D eigenvalue weighted by Gasteiger charge is 2.24. The van der Waals surface area contributed by atoms with Gasteiger partial charge in [0.25, 0.3) is 0 Å². The Morgan fingerprint density at radius 1 is 0.818 bits per heavy atom. The maximum atomic E-state index is 13.5. The van der Waals surface area contributed by atoms with Gasteiger partial charge in [0.05, 0.1) is 6.42 Å². The van der Waals surface area contributed by atoms with Crippen molar-refractivity contribution in [3.05, 3.63) is 64.7 Å². The summed E-state index contributed by atoms with van der Waals surface area (Å²) >= 11 is 0. The maximum absolute atomic E-state index is 13.5. The van der Waals surface area contributed by atoms with Gasteiger partial charge in [-0.3, -0.25) is 9.59 Å². The van der Waals surface area contributed by atoms with Gasteiger partial charge in [-0.2, -0.15) is 0 Å². The first-order valence-electron chi connectivity index (χ1n) is 12.8. The summed E-state index contributed by atoms with van der Waals surface area (Å²) in [6.45, 7) is 6.01. The van der Waals surface area contributed by atoms with E-state index in [4.69, 9.17) is 0 Å². The normalized spacial score (nSPS) is 17.2. The fourth-order valence-corrected chi connectivity index (χ4v) is 5.19. The Kier molecular flexibility index (Phi) is 7.85. The zero-order valence-corrected chi connectivity index (χ0v) is 20.3. The minimum Gasteiger partial charge on any atom is -0.338 e. The lowest BCUT2D eigenvalue weighted by atomic mass is 10.0. The van der Waals surface area contributed by atoms with Gasteiger partial charge in [-0.1, -0.05) is 69.5 Å². The Bertz CT molecular complexity index is 981. The molecule has 2 aromatic rings. The molecule has 0 saturated heterocycles. The molecule has 0 N–H and O–H groups in total. The summed E-state index contributed by atoms with van der Waals surface area (Å²) in [5.74, 6) is 0.292. The Labute approximate surface area is 199 Å². The summed E-state index contributed by atoms with van der Waals surface area (Å²) < 4.78 is 0. The predicted molar refractivity (Wildman–Crippen MR) is 134 cm³/mol. The molecule has 1 heterocycles. The van der Waals surface area contributed by atoms with E-state index in [1.165, 1.54) is 17.5 Å². The zero-order chi connectivity index (χ0) is 23.2. The number of fused-ring (bicyclic) bond motifs is 2. The first-order valence-corrected chi connectivity index (χ1v) is 12.8. The molecular formula is C29H38N2O2. The van der Waals surface area contributed by atoms with Gasteiger partial charge in [0.1, 0.15) is 0 Å². The second kappa shape index (κ2) is 11.0. The lowest BCUT2D eigenvalue weighted by Crippen LogP contribution is -2.38. The molecule has 4 rings (SSSR count). The standard InChI is InChI=1S/C29H38N2O2/c1-22(2)29(33)31-18-9-5-3-4-8-17-30(21-26-11-6-7-14-27(26)31)28(32)20-23-15-16-24-12-10-13-25(24)19-23/h6-7,11,14-16,19,22H,3-5,8-10,12-13,17-18,20-21H2,1-2H3. The first kappa shape index (κ1) is 23.5. The number of amides is 2. The molecule has 2 amide bonds. The molecule has 0 bridgehead atoms. The third kappa shape index (κ3) is 5.85. The average molecular weight is 447 g/mol. The second-order valence-corrected chi connectivity index (χ2v) is 9.99. The fourth-order valence-electron chi connectivity index (χ4n) is 5.19. The van der Waals surface area contributed by atoms with E-state index in [2.05, 4.69) is 24.3 Å². The molecule has 1 aliphatic carbocycles. The molecule has 0 saturated carbocycles. The zero-order valence-electron chi connectivity index (χ0n) is 20.3. The van der Waals surface area contributed by atoms with Crippen LogP contribution in [0.1, 0.15) is 74.6 Å². The van der Waals surface area contributed by atoms with Crippen LogP contribution in [0, 0.1) is 5.92 Å². The quantitative estimate of drug-likeness (QED) is 0.607. The van der Waals surface area contributed by atoms with Crippen LogP contribution in [0.3, 0.4) is 0 Å². The van der Waals surface area contributed by atoms with Crippen LogP contribution in [0.2, 0.25) is 0 Å².